The van der Waals surface area contributed by atoms with Crippen molar-refractivity contribution in [1.82, 2.24) is 24.5 Å². The lowest BCUT2D eigenvalue weighted by Gasteiger charge is -2.32. The molecule has 3 heterocycles. The molecule has 1 N–H and O–H groups in total. The first-order chi connectivity index (χ1) is 20.5. The summed E-state index contributed by atoms with van der Waals surface area (Å²) in [5, 5.41) is 2.95. The molecule has 0 radical (unpaired) electrons. The molecule has 0 spiro atoms. The van der Waals surface area contributed by atoms with Gasteiger partial charge < -0.3 is 29.2 Å². The van der Waals surface area contributed by atoms with Gasteiger partial charge in [-0.3, -0.25) is 5.32 Å². The van der Waals surface area contributed by atoms with Crippen molar-refractivity contribution < 1.29 is 14.3 Å². The number of nitrogens with zero attached hydrogens (tertiary/aromatic N) is 5. The molecule has 3 saturated heterocycles. The standard InChI is InChI=1S/C33H48N6O3/c1-35(2)28-14-21-37(26-28)18-9-20-39-25-24-38(33(39)41)19-8-17-36-22-15-29(16-23-36)42-32(40)34-31-13-7-6-12-30(31)27-10-4-3-5-11-27/h3-7,10-13,28-29H,8-9,14-26H2,1-2H3,(H,34,40)/t28-/m1/s1. The summed E-state index contributed by atoms with van der Waals surface area (Å²) in [6.45, 7) is 9.53. The van der Waals surface area contributed by atoms with E-state index in [1.54, 1.807) is 0 Å². The maximum Gasteiger partial charge on any atom is 0.411 e. The fraction of sp³-hybridized carbons (Fsp3) is 0.576. The summed E-state index contributed by atoms with van der Waals surface area (Å²) in [5.41, 5.74) is 2.79. The number of carbonyl (C=O) groups excluding carboxylic acids is 2. The number of hydrogen-bond donors (Lipinski definition) is 1. The van der Waals surface area contributed by atoms with Crippen LogP contribution in [0.3, 0.4) is 0 Å². The number of para-hydroxylation sites is 1. The summed E-state index contributed by atoms with van der Waals surface area (Å²) in [4.78, 5) is 36.9. The van der Waals surface area contributed by atoms with Crippen molar-refractivity contribution in [1.29, 1.82) is 0 Å². The highest BCUT2D eigenvalue weighted by Crippen LogP contribution is 2.28. The molecule has 9 heteroatoms. The molecule has 2 aromatic carbocycles. The van der Waals surface area contributed by atoms with E-state index in [0.29, 0.717) is 6.04 Å². The van der Waals surface area contributed by atoms with Gasteiger partial charge in [0, 0.05) is 57.4 Å². The van der Waals surface area contributed by atoms with Gasteiger partial charge in [-0.2, -0.15) is 0 Å². The summed E-state index contributed by atoms with van der Waals surface area (Å²) < 4.78 is 5.79. The van der Waals surface area contributed by atoms with Gasteiger partial charge in [-0.25, -0.2) is 9.59 Å². The normalized spacial score (nSPS) is 20.5. The van der Waals surface area contributed by atoms with Gasteiger partial charge in [-0.05, 0) is 77.5 Å². The molecule has 0 unspecified atom stereocenters. The summed E-state index contributed by atoms with van der Waals surface area (Å²) in [5.74, 6) is 0. The Kier molecular flexibility index (Phi) is 10.7. The van der Waals surface area contributed by atoms with E-state index in [0.717, 1.165) is 101 Å². The molecule has 5 rings (SSSR count). The first kappa shape index (κ1) is 30.3. The van der Waals surface area contributed by atoms with Crippen molar-refractivity contribution in [3.05, 3.63) is 54.6 Å². The molecule has 3 aliphatic heterocycles. The number of ether oxygens (including phenoxy) is 1. The lowest BCUT2D eigenvalue weighted by Crippen LogP contribution is -2.40. The third kappa shape index (κ3) is 8.24. The Morgan fingerprint density at radius 3 is 2.10 bits per heavy atom. The van der Waals surface area contributed by atoms with Gasteiger partial charge in [-0.15, -0.1) is 0 Å². The van der Waals surface area contributed by atoms with Crippen LogP contribution in [0.1, 0.15) is 32.1 Å². The second kappa shape index (κ2) is 14.8. The number of urea groups is 1. The number of nitrogens with one attached hydrogen (secondary N) is 1. The Morgan fingerprint density at radius 1 is 0.810 bits per heavy atom. The molecular weight excluding hydrogens is 528 g/mol. The van der Waals surface area contributed by atoms with E-state index in [9.17, 15) is 9.59 Å². The Morgan fingerprint density at radius 2 is 1.43 bits per heavy atom. The van der Waals surface area contributed by atoms with Crippen LogP contribution >= 0.6 is 0 Å². The first-order valence-corrected chi connectivity index (χ1v) is 15.7. The maximum atomic E-state index is 12.9. The first-order valence-electron chi connectivity index (χ1n) is 15.7. The van der Waals surface area contributed by atoms with E-state index in [2.05, 4.69) is 34.1 Å². The largest absolute Gasteiger partial charge is 0.446 e. The zero-order valence-corrected chi connectivity index (χ0v) is 25.4. The van der Waals surface area contributed by atoms with Crippen molar-refractivity contribution in [3.63, 3.8) is 0 Å². The average Bonchev–Trinajstić information content (AvgIpc) is 3.62. The molecule has 228 valence electrons. The molecular formula is C33H48N6O3. The summed E-state index contributed by atoms with van der Waals surface area (Å²) in [6.07, 6.45) is 4.46. The molecule has 2 aromatic rings. The fourth-order valence-electron chi connectivity index (χ4n) is 6.46. The monoisotopic (exact) mass is 576 g/mol. The minimum atomic E-state index is -0.396. The van der Waals surface area contributed by atoms with Gasteiger partial charge in [0.25, 0.3) is 0 Å². The topological polar surface area (TPSA) is 71.6 Å². The predicted molar refractivity (Wildman–Crippen MR) is 168 cm³/mol. The number of likely N-dealkylation sites (N-methyl/N-ethyl adjacent to an activating group) is 1. The molecule has 3 amide bonds. The Balaban J connectivity index is 0.952. The highest BCUT2D eigenvalue weighted by atomic mass is 16.6. The summed E-state index contributed by atoms with van der Waals surface area (Å²) in [6, 6.07) is 18.7. The maximum absolute atomic E-state index is 12.9. The van der Waals surface area contributed by atoms with E-state index in [4.69, 9.17) is 4.74 Å². The zero-order valence-electron chi connectivity index (χ0n) is 25.4. The van der Waals surface area contributed by atoms with Crippen molar-refractivity contribution in [3.8, 4) is 11.1 Å². The minimum absolute atomic E-state index is 0.0758. The second-order valence-electron chi connectivity index (χ2n) is 12.2. The van der Waals surface area contributed by atoms with Crippen LogP contribution in [0.15, 0.2) is 54.6 Å². The Bertz CT molecular complexity index is 1150. The average molecular weight is 577 g/mol. The molecule has 3 aliphatic rings. The fourth-order valence-corrected chi connectivity index (χ4v) is 6.46. The highest BCUT2D eigenvalue weighted by Gasteiger charge is 2.29. The number of amides is 3. The number of rotatable bonds is 12. The number of benzene rings is 2. The summed E-state index contributed by atoms with van der Waals surface area (Å²) >= 11 is 0. The lowest BCUT2D eigenvalue weighted by atomic mass is 10.0. The van der Waals surface area contributed by atoms with Gasteiger partial charge in [-0.1, -0.05) is 48.5 Å². The molecule has 3 fully saturated rings. The van der Waals surface area contributed by atoms with Gasteiger partial charge in [0.15, 0.2) is 0 Å². The van der Waals surface area contributed by atoms with Crippen molar-refractivity contribution in [2.75, 3.05) is 84.9 Å². The smallest absolute Gasteiger partial charge is 0.411 e. The zero-order chi connectivity index (χ0) is 29.3. The third-order valence-electron chi connectivity index (χ3n) is 9.02. The molecule has 0 saturated carbocycles. The molecule has 42 heavy (non-hydrogen) atoms. The van der Waals surface area contributed by atoms with E-state index >= 15 is 0 Å². The van der Waals surface area contributed by atoms with Crippen LogP contribution in [0.5, 0.6) is 0 Å². The minimum Gasteiger partial charge on any atom is -0.446 e. The van der Waals surface area contributed by atoms with Crippen LogP contribution in [0, 0.1) is 0 Å². The van der Waals surface area contributed by atoms with Crippen LogP contribution in [0.25, 0.3) is 11.1 Å². The number of carbonyl (C=O) groups is 2. The van der Waals surface area contributed by atoms with Crippen LogP contribution in [0.4, 0.5) is 15.3 Å². The number of likely N-dealkylation sites (tertiary alicyclic amines) is 2. The van der Waals surface area contributed by atoms with Crippen molar-refractivity contribution in [2.24, 2.45) is 0 Å². The van der Waals surface area contributed by atoms with Gasteiger partial charge >= 0.3 is 12.1 Å². The molecule has 0 bridgehead atoms. The van der Waals surface area contributed by atoms with Crippen LogP contribution in [-0.2, 0) is 4.74 Å². The second-order valence-corrected chi connectivity index (χ2v) is 12.2. The molecule has 0 aliphatic carbocycles. The third-order valence-corrected chi connectivity index (χ3v) is 9.02. The van der Waals surface area contributed by atoms with E-state index in [-0.39, 0.29) is 12.1 Å². The highest BCUT2D eigenvalue weighted by molar-refractivity contribution is 5.91. The van der Waals surface area contributed by atoms with Crippen LogP contribution in [-0.4, -0.2) is 128 Å². The van der Waals surface area contributed by atoms with E-state index in [1.165, 1.54) is 13.0 Å². The van der Waals surface area contributed by atoms with Crippen molar-refractivity contribution in [2.45, 2.75) is 44.2 Å². The molecule has 0 aromatic heterocycles. The number of hydrogen-bond acceptors (Lipinski definition) is 6. The quantitative estimate of drug-likeness (QED) is 0.401. The molecule has 1 atom stereocenters. The lowest BCUT2D eigenvalue weighted by molar-refractivity contribution is 0.0581. The van der Waals surface area contributed by atoms with E-state index in [1.807, 2.05) is 64.4 Å². The van der Waals surface area contributed by atoms with Gasteiger partial charge in [0.2, 0.25) is 0 Å². The van der Waals surface area contributed by atoms with Gasteiger partial charge in [0.1, 0.15) is 6.10 Å². The van der Waals surface area contributed by atoms with Crippen molar-refractivity contribution >= 4 is 17.8 Å². The predicted octanol–water partition coefficient (Wildman–Crippen LogP) is 4.52. The van der Waals surface area contributed by atoms with Gasteiger partial charge in [0.05, 0.1) is 5.69 Å². The Labute approximate surface area is 251 Å². The van der Waals surface area contributed by atoms with Crippen LogP contribution in [0.2, 0.25) is 0 Å². The number of piperidine rings is 1. The Hall–Kier alpha value is -3.14. The van der Waals surface area contributed by atoms with E-state index < -0.39 is 6.09 Å². The number of anilines is 1. The SMILES string of the molecule is CN(C)[C@@H]1CCN(CCCN2CCN(CCCN3CCC(OC(=O)Nc4ccccc4-c4ccccc4)CC3)C2=O)C1. The molecule has 9 nitrogen and oxygen atoms in total. The summed E-state index contributed by atoms with van der Waals surface area (Å²) in [7, 11) is 4.33. The van der Waals surface area contributed by atoms with Crippen LogP contribution < -0.4 is 5.32 Å².